The number of hydrogen-bond acceptors (Lipinski definition) is 5. The molecule has 2 heterocycles. The molecule has 1 saturated heterocycles. The van der Waals surface area contributed by atoms with E-state index in [-0.39, 0.29) is 11.7 Å². The summed E-state index contributed by atoms with van der Waals surface area (Å²) < 4.78 is 18.1. The van der Waals surface area contributed by atoms with Crippen molar-refractivity contribution in [3.8, 4) is 0 Å². The van der Waals surface area contributed by atoms with Crippen LogP contribution in [0.1, 0.15) is 23.2 Å². The van der Waals surface area contributed by atoms with Crippen LogP contribution in [0.15, 0.2) is 12.1 Å². The van der Waals surface area contributed by atoms with Gasteiger partial charge in [0.2, 0.25) is 5.95 Å². The molecule has 1 fully saturated rings. The molecule has 1 aromatic heterocycles. The van der Waals surface area contributed by atoms with Crippen LogP contribution in [0.4, 0.5) is 10.2 Å². The fraction of sp³-hybridized carbons (Fsp3) is 0.500. The number of halogens is 1. The standard InChI is InChI=1S/C12H15FN2O3/c1-18-12(17)9-2-3-10(14-11(9)13)15-6-4-8(16)5-7-15/h2-3,8,16H,4-7H2,1H3. The number of rotatable bonds is 2. The number of esters is 1. The summed E-state index contributed by atoms with van der Waals surface area (Å²) in [7, 11) is 1.20. The molecule has 0 saturated carbocycles. The zero-order chi connectivity index (χ0) is 13.1. The van der Waals surface area contributed by atoms with Gasteiger partial charge in [0, 0.05) is 13.1 Å². The van der Waals surface area contributed by atoms with Crippen molar-refractivity contribution in [2.45, 2.75) is 18.9 Å². The molecule has 5 nitrogen and oxygen atoms in total. The van der Waals surface area contributed by atoms with Gasteiger partial charge in [-0.2, -0.15) is 4.39 Å². The average Bonchev–Trinajstić information content (AvgIpc) is 2.38. The van der Waals surface area contributed by atoms with Crippen molar-refractivity contribution < 1.29 is 19.0 Å². The third-order valence-electron chi connectivity index (χ3n) is 3.03. The number of hydrogen-bond donors (Lipinski definition) is 1. The van der Waals surface area contributed by atoms with Gasteiger partial charge in [-0.25, -0.2) is 9.78 Å². The van der Waals surface area contributed by atoms with Gasteiger partial charge in [-0.1, -0.05) is 0 Å². The Morgan fingerprint density at radius 1 is 1.50 bits per heavy atom. The van der Waals surface area contributed by atoms with E-state index in [1.54, 1.807) is 6.07 Å². The highest BCUT2D eigenvalue weighted by atomic mass is 19.1. The number of pyridine rings is 1. The lowest BCUT2D eigenvalue weighted by atomic mass is 10.1. The third-order valence-corrected chi connectivity index (χ3v) is 3.03. The lowest BCUT2D eigenvalue weighted by Gasteiger charge is -2.30. The van der Waals surface area contributed by atoms with E-state index in [4.69, 9.17) is 0 Å². The van der Waals surface area contributed by atoms with E-state index in [0.717, 1.165) is 0 Å². The SMILES string of the molecule is COC(=O)c1ccc(N2CCC(O)CC2)nc1F. The zero-order valence-corrected chi connectivity index (χ0v) is 10.1. The van der Waals surface area contributed by atoms with Gasteiger partial charge in [0.15, 0.2) is 0 Å². The van der Waals surface area contributed by atoms with Crippen molar-refractivity contribution in [1.82, 2.24) is 4.98 Å². The van der Waals surface area contributed by atoms with Crippen LogP contribution in [0.25, 0.3) is 0 Å². The Kier molecular flexibility index (Phi) is 3.76. The predicted molar refractivity (Wildman–Crippen MR) is 63.0 cm³/mol. The summed E-state index contributed by atoms with van der Waals surface area (Å²) in [4.78, 5) is 16.9. The van der Waals surface area contributed by atoms with Crippen molar-refractivity contribution in [2.24, 2.45) is 0 Å². The van der Waals surface area contributed by atoms with E-state index in [9.17, 15) is 14.3 Å². The molecule has 0 aliphatic carbocycles. The van der Waals surface area contributed by atoms with Gasteiger partial charge in [0.05, 0.1) is 13.2 Å². The van der Waals surface area contributed by atoms with Crippen molar-refractivity contribution in [1.29, 1.82) is 0 Å². The van der Waals surface area contributed by atoms with Gasteiger partial charge < -0.3 is 14.7 Å². The third kappa shape index (κ3) is 2.59. The smallest absolute Gasteiger partial charge is 0.342 e. The molecule has 2 rings (SSSR count). The first-order chi connectivity index (χ1) is 8.61. The summed E-state index contributed by atoms with van der Waals surface area (Å²) in [6, 6.07) is 2.96. The maximum Gasteiger partial charge on any atom is 0.342 e. The Bertz CT molecular complexity index is 445. The minimum Gasteiger partial charge on any atom is -0.465 e. The molecule has 1 aliphatic rings. The van der Waals surface area contributed by atoms with E-state index in [2.05, 4.69) is 9.72 Å². The number of aromatic nitrogens is 1. The fourth-order valence-corrected chi connectivity index (χ4v) is 1.96. The minimum atomic E-state index is -0.828. The summed E-state index contributed by atoms with van der Waals surface area (Å²) in [6.07, 6.45) is 0.991. The topological polar surface area (TPSA) is 62.7 Å². The number of ether oxygens (including phenoxy) is 1. The molecular formula is C12H15FN2O3. The molecule has 0 amide bonds. The first-order valence-electron chi connectivity index (χ1n) is 5.79. The Hall–Kier alpha value is -1.69. The van der Waals surface area contributed by atoms with Crippen LogP contribution in [-0.2, 0) is 4.74 Å². The van der Waals surface area contributed by atoms with Crippen LogP contribution in [0.3, 0.4) is 0 Å². The Labute approximate surface area is 104 Å². The molecule has 1 N–H and O–H groups in total. The number of anilines is 1. The zero-order valence-electron chi connectivity index (χ0n) is 10.1. The molecule has 0 bridgehead atoms. The van der Waals surface area contributed by atoms with Gasteiger partial charge >= 0.3 is 5.97 Å². The number of carbonyl (C=O) groups is 1. The van der Waals surface area contributed by atoms with E-state index in [0.29, 0.717) is 31.7 Å². The van der Waals surface area contributed by atoms with Gasteiger partial charge in [-0.05, 0) is 25.0 Å². The van der Waals surface area contributed by atoms with Crippen molar-refractivity contribution in [2.75, 3.05) is 25.1 Å². The highest BCUT2D eigenvalue weighted by Gasteiger charge is 2.20. The van der Waals surface area contributed by atoms with Crippen molar-refractivity contribution >= 4 is 11.8 Å². The largest absolute Gasteiger partial charge is 0.465 e. The number of aliphatic hydroxyl groups is 1. The molecule has 6 heteroatoms. The molecule has 1 aliphatic heterocycles. The van der Waals surface area contributed by atoms with Crippen molar-refractivity contribution in [3.05, 3.63) is 23.6 Å². The molecular weight excluding hydrogens is 239 g/mol. The minimum absolute atomic E-state index is 0.168. The Balaban J connectivity index is 2.16. The summed E-state index contributed by atoms with van der Waals surface area (Å²) in [5, 5.41) is 9.39. The number of nitrogens with zero attached hydrogens (tertiary/aromatic N) is 2. The quantitative estimate of drug-likeness (QED) is 0.629. The summed E-state index contributed by atoms with van der Waals surface area (Å²) in [6.45, 7) is 1.26. The first kappa shape index (κ1) is 12.8. The normalized spacial score (nSPS) is 16.7. The molecule has 0 aromatic carbocycles. The van der Waals surface area contributed by atoms with E-state index in [1.807, 2.05) is 4.90 Å². The number of carbonyl (C=O) groups excluding carboxylic acids is 1. The summed E-state index contributed by atoms with van der Waals surface area (Å²) >= 11 is 0. The molecule has 98 valence electrons. The number of aliphatic hydroxyl groups excluding tert-OH is 1. The lowest BCUT2D eigenvalue weighted by Crippen LogP contribution is -2.36. The van der Waals surface area contributed by atoms with E-state index in [1.165, 1.54) is 13.2 Å². The monoisotopic (exact) mass is 254 g/mol. The molecule has 0 unspecified atom stereocenters. The van der Waals surface area contributed by atoms with Gasteiger partial charge in [-0.15, -0.1) is 0 Å². The molecule has 0 atom stereocenters. The molecule has 1 aromatic rings. The Morgan fingerprint density at radius 3 is 2.72 bits per heavy atom. The van der Waals surface area contributed by atoms with Crippen LogP contribution in [0, 0.1) is 5.95 Å². The number of methoxy groups -OCH3 is 1. The summed E-state index contributed by atoms with van der Waals surface area (Å²) in [5.41, 5.74) is -0.168. The summed E-state index contributed by atoms with van der Waals surface area (Å²) in [5.74, 6) is -1.09. The predicted octanol–water partition coefficient (Wildman–Crippen LogP) is 0.968. The van der Waals surface area contributed by atoms with Gasteiger partial charge in [0.1, 0.15) is 11.4 Å². The van der Waals surface area contributed by atoms with Crippen LogP contribution in [0.2, 0.25) is 0 Å². The van der Waals surface area contributed by atoms with E-state index < -0.39 is 11.9 Å². The second-order valence-corrected chi connectivity index (χ2v) is 4.22. The highest BCUT2D eigenvalue weighted by Crippen LogP contribution is 2.19. The maximum absolute atomic E-state index is 13.6. The van der Waals surface area contributed by atoms with Crippen LogP contribution < -0.4 is 4.90 Å². The average molecular weight is 254 g/mol. The molecule has 18 heavy (non-hydrogen) atoms. The fourth-order valence-electron chi connectivity index (χ4n) is 1.96. The van der Waals surface area contributed by atoms with Gasteiger partial charge in [-0.3, -0.25) is 0 Å². The second-order valence-electron chi connectivity index (χ2n) is 4.22. The van der Waals surface area contributed by atoms with Gasteiger partial charge in [0.25, 0.3) is 0 Å². The maximum atomic E-state index is 13.6. The molecule has 0 radical (unpaired) electrons. The van der Waals surface area contributed by atoms with Crippen LogP contribution in [-0.4, -0.2) is 42.4 Å². The molecule has 0 spiro atoms. The number of piperidine rings is 1. The Morgan fingerprint density at radius 2 is 2.17 bits per heavy atom. The first-order valence-corrected chi connectivity index (χ1v) is 5.79. The highest BCUT2D eigenvalue weighted by molar-refractivity contribution is 5.89. The second kappa shape index (κ2) is 5.30. The van der Waals surface area contributed by atoms with Crippen LogP contribution in [0.5, 0.6) is 0 Å². The van der Waals surface area contributed by atoms with Crippen molar-refractivity contribution in [3.63, 3.8) is 0 Å². The van der Waals surface area contributed by atoms with E-state index >= 15 is 0 Å². The van der Waals surface area contributed by atoms with Crippen LogP contribution >= 0.6 is 0 Å². The lowest BCUT2D eigenvalue weighted by molar-refractivity contribution is 0.0594.